The summed E-state index contributed by atoms with van der Waals surface area (Å²) < 4.78 is 0. The third-order valence-electron chi connectivity index (χ3n) is 14.8. The first kappa shape index (κ1) is 42.2. The smallest absolute Gasteiger partial charge is 0.0725 e. The van der Waals surface area contributed by atoms with E-state index >= 15 is 0 Å². The maximum absolute atomic E-state index is 2.46. The van der Waals surface area contributed by atoms with E-state index in [-0.39, 0.29) is 0 Å². The van der Waals surface area contributed by atoms with E-state index in [0.717, 1.165) is 22.7 Å². The summed E-state index contributed by atoms with van der Waals surface area (Å²) in [5.41, 5.74) is 21.4. The Morgan fingerprint density at radius 2 is 0.768 bits per heavy atom. The lowest BCUT2D eigenvalue weighted by Gasteiger charge is -2.36. The number of benzene rings is 11. The zero-order valence-electron chi connectivity index (χ0n) is 40.2. The predicted octanol–water partition coefficient (Wildman–Crippen LogP) is 18.3. The quantitative estimate of drug-likeness (QED) is 0.140. The molecule has 0 saturated heterocycles. The molecule has 0 aliphatic heterocycles. The second-order valence-corrected chi connectivity index (χ2v) is 19.3. The van der Waals surface area contributed by atoms with E-state index in [9.17, 15) is 0 Å². The SMILES string of the molecule is Cc1ccc(N(c2ccc3c4c(ccc3c2)-c2c(c3ccc(N(c5ccc(C)cc5)c5cc(C)ccc5C)cc3c3ccccc23)C4(c2ccccc2)c2ccccc2)c2cc(C)ccc2C)cc1. The number of aryl methyl sites for hydroxylation is 6. The van der Waals surface area contributed by atoms with Gasteiger partial charge in [-0.15, -0.1) is 0 Å². The molecule has 2 heteroatoms. The van der Waals surface area contributed by atoms with E-state index in [2.05, 4.69) is 270 Å². The Morgan fingerprint density at radius 1 is 0.304 bits per heavy atom. The van der Waals surface area contributed by atoms with Crippen molar-refractivity contribution in [2.75, 3.05) is 9.80 Å². The van der Waals surface area contributed by atoms with Crippen molar-refractivity contribution in [3.8, 4) is 11.1 Å². The van der Waals surface area contributed by atoms with Gasteiger partial charge in [-0.1, -0.05) is 169 Å². The minimum atomic E-state index is -0.661. The van der Waals surface area contributed by atoms with Gasteiger partial charge in [0, 0.05) is 34.1 Å². The Labute approximate surface area is 406 Å². The van der Waals surface area contributed by atoms with Crippen molar-refractivity contribution in [1.29, 1.82) is 0 Å². The molecule has 0 unspecified atom stereocenters. The van der Waals surface area contributed by atoms with Crippen molar-refractivity contribution in [1.82, 2.24) is 0 Å². The van der Waals surface area contributed by atoms with Gasteiger partial charge in [0.1, 0.15) is 0 Å². The van der Waals surface area contributed by atoms with Gasteiger partial charge in [-0.3, -0.25) is 0 Å². The molecule has 1 aliphatic rings. The second-order valence-electron chi connectivity index (χ2n) is 19.3. The molecule has 11 aromatic rings. The summed E-state index contributed by atoms with van der Waals surface area (Å²) in [7, 11) is 0. The molecule has 2 nitrogen and oxygen atoms in total. The molecule has 0 radical (unpaired) electrons. The fraction of sp³-hybridized carbons (Fsp3) is 0.104. The number of hydrogen-bond acceptors (Lipinski definition) is 2. The zero-order chi connectivity index (χ0) is 47.0. The summed E-state index contributed by atoms with van der Waals surface area (Å²) in [6, 6.07) is 82.4. The Bertz CT molecular complexity index is 3730. The fourth-order valence-electron chi connectivity index (χ4n) is 11.5. The molecule has 0 bridgehead atoms. The average Bonchev–Trinajstić information content (AvgIpc) is 3.70. The lowest BCUT2D eigenvalue weighted by molar-refractivity contribution is 0.783. The van der Waals surface area contributed by atoms with Crippen molar-refractivity contribution in [3.63, 3.8) is 0 Å². The highest BCUT2D eigenvalue weighted by molar-refractivity contribution is 6.21. The van der Waals surface area contributed by atoms with Crippen LogP contribution in [0.15, 0.2) is 218 Å². The predicted molar refractivity (Wildman–Crippen MR) is 294 cm³/mol. The molecule has 12 rings (SSSR count). The van der Waals surface area contributed by atoms with E-state index in [1.54, 1.807) is 0 Å². The van der Waals surface area contributed by atoms with Crippen molar-refractivity contribution in [2.45, 2.75) is 47.0 Å². The van der Waals surface area contributed by atoms with Gasteiger partial charge in [0.15, 0.2) is 0 Å². The minimum absolute atomic E-state index is 0.661. The van der Waals surface area contributed by atoms with Gasteiger partial charge in [-0.25, -0.2) is 0 Å². The number of rotatable bonds is 8. The molecular formula is C67H54N2. The van der Waals surface area contributed by atoms with Crippen LogP contribution in [-0.2, 0) is 5.41 Å². The molecule has 0 N–H and O–H groups in total. The molecule has 1 aliphatic carbocycles. The monoisotopic (exact) mass is 886 g/mol. The first-order valence-corrected chi connectivity index (χ1v) is 24.2. The normalized spacial score (nSPS) is 12.6. The number of nitrogens with zero attached hydrogens (tertiary/aromatic N) is 2. The van der Waals surface area contributed by atoms with Crippen molar-refractivity contribution < 1.29 is 0 Å². The third kappa shape index (κ3) is 6.77. The van der Waals surface area contributed by atoms with E-state index in [4.69, 9.17) is 0 Å². The van der Waals surface area contributed by atoms with E-state index in [0.29, 0.717) is 0 Å². The minimum Gasteiger partial charge on any atom is -0.310 e. The van der Waals surface area contributed by atoms with Crippen molar-refractivity contribution in [2.24, 2.45) is 0 Å². The van der Waals surface area contributed by atoms with Crippen LogP contribution in [0.3, 0.4) is 0 Å². The molecule has 0 spiro atoms. The number of fused-ring (bicyclic) bond motifs is 10. The molecule has 0 fully saturated rings. The molecule has 0 atom stereocenters. The summed E-state index contributed by atoms with van der Waals surface area (Å²) >= 11 is 0. The first-order chi connectivity index (χ1) is 33.7. The summed E-state index contributed by atoms with van der Waals surface area (Å²) in [5, 5.41) is 7.46. The highest BCUT2D eigenvalue weighted by Gasteiger charge is 2.49. The molecular weight excluding hydrogens is 833 g/mol. The molecule has 69 heavy (non-hydrogen) atoms. The third-order valence-corrected chi connectivity index (χ3v) is 14.8. The van der Waals surface area contributed by atoms with Crippen LogP contribution in [0.2, 0.25) is 0 Å². The van der Waals surface area contributed by atoms with Gasteiger partial charge in [0.2, 0.25) is 0 Å². The van der Waals surface area contributed by atoms with Gasteiger partial charge in [-0.05, 0) is 190 Å². The summed E-state index contributed by atoms with van der Waals surface area (Å²) in [6.45, 7) is 13.1. The standard InChI is InChI=1S/C67H54N2/c1-43-23-30-52(31-24-43)68(62-39-45(3)21-27-47(62)5)54-34-37-56-49(41-54)29-36-60-64-58-20-14-13-19-57(58)61-42-55(69(53-32-25-44(2)26-33-53)63-40-46(4)22-28-48(63)6)35-38-59(61)66(64)67(65(56)60,50-15-9-7-10-16-50)51-17-11-8-12-18-51/h7-42H,1-6H3. The Balaban J connectivity index is 1.17. The lowest BCUT2D eigenvalue weighted by atomic mass is 9.65. The van der Waals surface area contributed by atoms with Gasteiger partial charge < -0.3 is 9.80 Å². The van der Waals surface area contributed by atoms with Crippen molar-refractivity contribution >= 4 is 66.4 Å². The lowest BCUT2D eigenvalue weighted by Crippen LogP contribution is -2.29. The van der Waals surface area contributed by atoms with Gasteiger partial charge in [0.05, 0.1) is 5.41 Å². The van der Waals surface area contributed by atoms with Crippen LogP contribution in [0.25, 0.3) is 43.4 Å². The summed E-state index contributed by atoms with van der Waals surface area (Å²) in [5.74, 6) is 0. The van der Waals surface area contributed by atoms with E-state index < -0.39 is 5.41 Å². The van der Waals surface area contributed by atoms with Crippen molar-refractivity contribution in [3.05, 3.63) is 274 Å². The van der Waals surface area contributed by atoms with Crippen LogP contribution in [-0.4, -0.2) is 0 Å². The van der Waals surface area contributed by atoms with Gasteiger partial charge >= 0.3 is 0 Å². The maximum Gasteiger partial charge on any atom is 0.0725 e. The molecule has 0 aromatic heterocycles. The molecule has 0 amide bonds. The fourth-order valence-corrected chi connectivity index (χ4v) is 11.5. The first-order valence-electron chi connectivity index (χ1n) is 24.2. The zero-order valence-corrected chi connectivity index (χ0v) is 40.2. The second kappa shape index (κ2) is 16.5. The Morgan fingerprint density at radius 3 is 1.32 bits per heavy atom. The number of hydrogen-bond donors (Lipinski definition) is 0. The van der Waals surface area contributed by atoms with Crippen LogP contribution >= 0.6 is 0 Å². The van der Waals surface area contributed by atoms with E-state index in [1.165, 1.54) is 110 Å². The van der Waals surface area contributed by atoms with E-state index in [1.807, 2.05) is 0 Å². The highest BCUT2D eigenvalue weighted by Crippen LogP contribution is 2.62. The largest absolute Gasteiger partial charge is 0.310 e. The highest BCUT2D eigenvalue weighted by atomic mass is 15.1. The molecule has 11 aromatic carbocycles. The molecule has 332 valence electrons. The average molecular weight is 887 g/mol. The number of anilines is 6. The van der Waals surface area contributed by atoms with Crippen LogP contribution in [0.5, 0.6) is 0 Å². The summed E-state index contributed by atoms with van der Waals surface area (Å²) in [6.07, 6.45) is 0. The Kier molecular flexibility index (Phi) is 10.1. The van der Waals surface area contributed by atoms with Gasteiger partial charge in [0.25, 0.3) is 0 Å². The molecule has 0 saturated carbocycles. The van der Waals surface area contributed by atoms with Crippen LogP contribution < -0.4 is 9.80 Å². The maximum atomic E-state index is 2.46. The topological polar surface area (TPSA) is 6.48 Å². The Hall–Kier alpha value is -8.20. The van der Waals surface area contributed by atoms with Crippen LogP contribution in [0, 0.1) is 41.5 Å². The van der Waals surface area contributed by atoms with Crippen LogP contribution in [0.1, 0.15) is 55.6 Å². The van der Waals surface area contributed by atoms with Crippen LogP contribution in [0.4, 0.5) is 34.1 Å². The summed E-state index contributed by atoms with van der Waals surface area (Å²) in [4.78, 5) is 4.88. The molecule has 0 heterocycles. The van der Waals surface area contributed by atoms with Gasteiger partial charge in [-0.2, -0.15) is 0 Å².